The smallest absolute Gasteiger partial charge is 0.258 e. The summed E-state index contributed by atoms with van der Waals surface area (Å²) in [5, 5.41) is 15.8. The van der Waals surface area contributed by atoms with Crippen LogP contribution in [-0.4, -0.2) is 58.3 Å². The third-order valence-corrected chi connectivity index (χ3v) is 5.68. The molecule has 6 nitrogen and oxygen atoms in total. The maximum absolute atomic E-state index is 9.64. The van der Waals surface area contributed by atoms with Crippen LogP contribution in [0.5, 0.6) is 5.75 Å². The third-order valence-electron chi connectivity index (χ3n) is 5.68. The Balaban J connectivity index is 1.37. The first-order valence-corrected chi connectivity index (χ1v) is 10.2. The van der Waals surface area contributed by atoms with Gasteiger partial charge in [-0.3, -0.25) is 4.90 Å². The highest BCUT2D eigenvalue weighted by Gasteiger charge is 2.15. The first-order valence-electron chi connectivity index (χ1n) is 10.2. The van der Waals surface area contributed by atoms with E-state index in [0.717, 1.165) is 54.6 Å². The molecule has 0 saturated carbocycles. The SMILES string of the molecule is CN1CCN(Cc2cccc(-c3noc(-c4ccc5cc(O)ccc5c4)n3)c2)CC1. The second-order valence-electron chi connectivity index (χ2n) is 7.95. The van der Waals surface area contributed by atoms with Crippen molar-refractivity contribution in [2.75, 3.05) is 33.2 Å². The minimum absolute atomic E-state index is 0.256. The standard InChI is InChI=1S/C24H24N4O2/c1-27-9-11-28(12-10-27)16-17-3-2-4-20(13-17)23-25-24(30-26-23)21-6-5-19-15-22(29)8-7-18(19)14-21/h2-8,13-15,29H,9-12,16H2,1H3. The fourth-order valence-corrected chi connectivity index (χ4v) is 3.90. The van der Waals surface area contributed by atoms with E-state index in [1.54, 1.807) is 12.1 Å². The summed E-state index contributed by atoms with van der Waals surface area (Å²) in [7, 11) is 2.17. The summed E-state index contributed by atoms with van der Waals surface area (Å²) in [5.74, 6) is 1.34. The number of phenolic OH excluding ortho intramolecular Hbond substituents is 1. The van der Waals surface area contributed by atoms with Crippen LogP contribution in [0.1, 0.15) is 5.56 Å². The second-order valence-corrected chi connectivity index (χ2v) is 7.95. The van der Waals surface area contributed by atoms with Crippen molar-refractivity contribution in [2.45, 2.75) is 6.54 Å². The van der Waals surface area contributed by atoms with Crippen LogP contribution in [-0.2, 0) is 6.54 Å². The summed E-state index contributed by atoms with van der Waals surface area (Å²) < 4.78 is 5.55. The molecule has 0 spiro atoms. The molecule has 1 aromatic heterocycles. The highest BCUT2D eigenvalue weighted by atomic mass is 16.5. The molecule has 0 unspecified atom stereocenters. The van der Waals surface area contributed by atoms with Crippen molar-refractivity contribution in [3.8, 4) is 28.6 Å². The van der Waals surface area contributed by atoms with Gasteiger partial charge < -0.3 is 14.5 Å². The lowest BCUT2D eigenvalue weighted by Gasteiger charge is -2.32. The number of nitrogens with zero attached hydrogens (tertiary/aromatic N) is 4. The van der Waals surface area contributed by atoms with Crippen LogP contribution < -0.4 is 0 Å². The molecule has 1 saturated heterocycles. The molecule has 0 aliphatic carbocycles. The van der Waals surface area contributed by atoms with Gasteiger partial charge in [0.25, 0.3) is 5.89 Å². The van der Waals surface area contributed by atoms with Crippen molar-refractivity contribution in [3.63, 3.8) is 0 Å². The van der Waals surface area contributed by atoms with Gasteiger partial charge >= 0.3 is 0 Å². The third kappa shape index (κ3) is 3.92. The zero-order chi connectivity index (χ0) is 20.5. The molecule has 2 heterocycles. The molecule has 0 atom stereocenters. The fourth-order valence-electron chi connectivity index (χ4n) is 3.90. The zero-order valence-corrected chi connectivity index (χ0v) is 17.0. The molecule has 1 aliphatic rings. The van der Waals surface area contributed by atoms with Gasteiger partial charge in [0, 0.05) is 43.9 Å². The van der Waals surface area contributed by atoms with Crippen LogP contribution in [0.3, 0.4) is 0 Å². The lowest BCUT2D eigenvalue weighted by molar-refractivity contribution is 0.148. The summed E-state index contributed by atoms with van der Waals surface area (Å²) in [6.45, 7) is 5.34. The van der Waals surface area contributed by atoms with E-state index in [9.17, 15) is 5.11 Å². The number of aromatic hydroxyl groups is 1. The van der Waals surface area contributed by atoms with Crippen LogP contribution >= 0.6 is 0 Å². The normalized spacial score (nSPS) is 15.6. The number of fused-ring (bicyclic) bond motifs is 1. The molecule has 0 bridgehead atoms. The second kappa shape index (κ2) is 7.89. The van der Waals surface area contributed by atoms with Crippen molar-refractivity contribution in [1.29, 1.82) is 0 Å². The van der Waals surface area contributed by atoms with E-state index in [4.69, 9.17) is 4.52 Å². The monoisotopic (exact) mass is 400 g/mol. The minimum Gasteiger partial charge on any atom is -0.508 e. The van der Waals surface area contributed by atoms with Crippen molar-refractivity contribution in [3.05, 3.63) is 66.2 Å². The number of likely N-dealkylation sites (N-methyl/N-ethyl adjacent to an activating group) is 1. The average molecular weight is 400 g/mol. The van der Waals surface area contributed by atoms with Gasteiger partial charge in [-0.2, -0.15) is 4.98 Å². The van der Waals surface area contributed by atoms with E-state index >= 15 is 0 Å². The predicted octanol–water partition coefficient (Wildman–Crippen LogP) is 4.01. The van der Waals surface area contributed by atoms with E-state index in [1.807, 2.05) is 30.3 Å². The van der Waals surface area contributed by atoms with Gasteiger partial charge in [0.1, 0.15) is 5.75 Å². The molecule has 152 valence electrons. The first-order chi connectivity index (χ1) is 14.6. The predicted molar refractivity (Wildman–Crippen MR) is 117 cm³/mol. The van der Waals surface area contributed by atoms with Gasteiger partial charge in [-0.1, -0.05) is 35.5 Å². The molecule has 6 heteroatoms. The molecule has 1 N–H and O–H groups in total. The van der Waals surface area contributed by atoms with Gasteiger partial charge in [-0.15, -0.1) is 0 Å². The highest BCUT2D eigenvalue weighted by molar-refractivity contribution is 5.87. The number of hydrogen-bond acceptors (Lipinski definition) is 6. The van der Waals surface area contributed by atoms with E-state index in [1.165, 1.54) is 5.56 Å². The molecule has 0 amide bonds. The molecule has 4 aromatic rings. The Morgan fingerprint density at radius 3 is 2.57 bits per heavy atom. The van der Waals surface area contributed by atoms with Crippen LogP contribution in [0.4, 0.5) is 0 Å². The van der Waals surface area contributed by atoms with Crippen LogP contribution in [0.25, 0.3) is 33.6 Å². The molecular weight excluding hydrogens is 376 g/mol. The van der Waals surface area contributed by atoms with E-state index in [2.05, 4.69) is 45.2 Å². The highest BCUT2D eigenvalue weighted by Crippen LogP contribution is 2.27. The number of phenols is 1. The van der Waals surface area contributed by atoms with Gasteiger partial charge in [0.2, 0.25) is 5.82 Å². The Bertz CT molecular complexity index is 1180. The van der Waals surface area contributed by atoms with Gasteiger partial charge in [0.05, 0.1) is 0 Å². The number of rotatable bonds is 4. The lowest BCUT2D eigenvalue weighted by atomic mass is 10.1. The summed E-state index contributed by atoms with van der Waals surface area (Å²) >= 11 is 0. The fraction of sp³-hybridized carbons (Fsp3) is 0.250. The van der Waals surface area contributed by atoms with Gasteiger partial charge in [-0.05, 0) is 53.7 Å². The van der Waals surface area contributed by atoms with Crippen molar-refractivity contribution >= 4 is 10.8 Å². The molecule has 1 fully saturated rings. The lowest BCUT2D eigenvalue weighted by Crippen LogP contribution is -2.43. The molecule has 5 rings (SSSR count). The largest absolute Gasteiger partial charge is 0.508 e. The van der Waals surface area contributed by atoms with Crippen molar-refractivity contribution in [2.24, 2.45) is 0 Å². The van der Waals surface area contributed by atoms with Crippen molar-refractivity contribution in [1.82, 2.24) is 19.9 Å². The quantitative estimate of drug-likeness (QED) is 0.558. The minimum atomic E-state index is 0.256. The van der Waals surface area contributed by atoms with Gasteiger partial charge in [0.15, 0.2) is 0 Å². The molecule has 30 heavy (non-hydrogen) atoms. The Hall–Kier alpha value is -3.22. The Morgan fingerprint density at radius 2 is 1.70 bits per heavy atom. The summed E-state index contributed by atoms with van der Waals surface area (Å²) in [4.78, 5) is 9.47. The Labute approximate surface area is 175 Å². The van der Waals surface area contributed by atoms with Gasteiger partial charge in [-0.25, -0.2) is 0 Å². The van der Waals surface area contributed by atoms with Crippen LogP contribution in [0, 0.1) is 0 Å². The molecule has 1 aliphatic heterocycles. The molecule has 3 aromatic carbocycles. The van der Waals surface area contributed by atoms with E-state index in [-0.39, 0.29) is 5.75 Å². The Morgan fingerprint density at radius 1 is 0.900 bits per heavy atom. The average Bonchev–Trinajstić information content (AvgIpc) is 3.26. The van der Waals surface area contributed by atoms with Crippen LogP contribution in [0.15, 0.2) is 65.2 Å². The topological polar surface area (TPSA) is 65.6 Å². The molecule has 0 radical (unpaired) electrons. The summed E-state index contributed by atoms with van der Waals surface area (Å²) in [6, 6.07) is 19.6. The zero-order valence-electron chi connectivity index (χ0n) is 17.0. The first kappa shape index (κ1) is 18.8. The van der Waals surface area contributed by atoms with E-state index < -0.39 is 0 Å². The van der Waals surface area contributed by atoms with Crippen molar-refractivity contribution < 1.29 is 9.63 Å². The van der Waals surface area contributed by atoms with Crippen LogP contribution in [0.2, 0.25) is 0 Å². The maximum atomic E-state index is 9.64. The number of aromatic nitrogens is 2. The van der Waals surface area contributed by atoms with E-state index in [0.29, 0.717) is 11.7 Å². The Kier molecular flexibility index (Phi) is 4.94. The number of piperazine rings is 1. The maximum Gasteiger partial charge on any atom is 0.258 e. The molecular formula is C24H24N4O2. The number of hydrogen-bond donors (Lipinski definition) is 1. The summed E-state index contributed by atoms with van der Waals surface area (Å²) in [5.41, 5.74) is 3.08. The number of benzene rings is 3. The summed E-state index contributed by atoms with van der Waals surface area (Å²) in [6.07, 6.45) is 0.